The van der Waals surface area contributed by atoms with E-state index in [2.05, 4.69) is 83.1 Å². The molecule has 2 aromatic heterocycles. The minimum absolute atomic E-state index is 0.511. The van der Waals surface area contributed by atoms with Crippen LogP contribution in [-0.4, -0.2) is 37.1 Å². The fraction of sp³-hybridized carbons (Fsp3) is 0.0385. The van der Waals surface area contributed by atoms with Gasteiger partial charge in [-0.05, 0) is 33.4 Å². The van der Waals surface area contributed by atoms with E-state index in [1.54, 1.807) is 0 Å². The van der Waals surface area contributed by atoms with Crippen LogP contribution in [0.3, 0.4) is 0 Å². The molecule has 2 atom stereocenters. The molecule has 8 bridgehead atoms. The van der Waals surface area contributed by atoms with Crippen LogP contribution in [0.15, 0.2) is 212 Å². The Balaban J connectivity index is 1.24. The van der Waals surface area contributed by atoms with Crippen LogP contribution in [0.5, 0.6) is 0 Å². The van der Waals surface area contributed by atoms with Crippen LogP contribution in [0.25, 0.3) is 44.5 Å². The van der Waals surface area contributed by atoms with E-state index < -0.39 is 12.3 Å². The lowest BCUT2D eigenvalue weighted by atomic mass is 9.94. The van der Waals surface area contributed by atoms with Gasteiger partial charge in [-0.2, -0.15) is 8.75 Å². The van der Waals surface area contributed by atoms with Gasteiger partial charge in [0.1, 0.15) is 34.7 Å². The highest BCUT2D eigenvalue weighted by molar-refractivity contribution is 6.99. The maximum absolute atomic E-state index is 5.55. The molecule has 6 heterocycles. The lowest BCUT2D eigenvalue weighted by Gasteiger charge is -2.13. The molecule has 12 rings (SSSR count). The predicted molar refractivity (Wildman–Crippen MR) is 252 cm³/mol. The summed E-state index contributed by atoms with van der Waals surface area (Å²) in [6.45, 7) is 0. The lowest BCUT2D eigenvalue weighted by molar-refractivity contribution is 0.516. The molecule has 63 heavy (non-hydrogen) atoms. The zero-order valence-corrected chi connectivity index (χ0v) is 34.3. The fourth-order valence-corrected chi connectivity index (χ4v) is 9.29. The molecule has 6 aromatic carbocycles. The van der Waals surface area contributed by atoms with Crippen molar-refractivity contribution in [1.29, 1.82) is 0 Å². The van der Waals surface area contributed by atoms with Gasteiger partial charge >= 0.3 is 0 Å². The number of fused-ring (bicyclic) bond motifs is 9. The number of hydrogen-bond acceptors (Lipinski definition) is 10. The Bertz CT molecular complexity index is 3160. The highest BCUT2D eigenvalue weighted by atomic mass is 32.1. The summed E-state index contributed by atoms with van der Waals surface area (Å²) in [4.78, 5) is 36.3. The van der Waals surface area contributed by atoms with E-state index in [0.29, 0.717) is 45.7 Å². The van der Waals surface area contributed by atoms with Gasteiger partial charge in [-0.1, -0.05) is 182 Å². The van der Waals surface area contributed by atoms with Crippen molar-refractivity contribution in [1.82, 2.24) is 19.0 Å². The van der Waals surface area contributed by atoms with E-state index in [-0.39, 0.29) is 0 Å². The minimum atomic E-state index is -0.608. The first kappa shape index (κ1) is 36.7. The quantitative estimate of drug-likeness (QED) is 0.173. The molecule has 2 unspecified atom stereocenters. The van der Waals surface area contributed by atoms with E-state index in [9.17, 15) is 0 Å². The SMILES string of the molecule is c1ccc(C2=C(c3ccccc3)/C3=N/C4NC(/N=C5\N=C(N=c6[nH]c(c(-c7ccccc7)c6-c6ccccc6)=NC2=N3)C(c2ccccc2)=C5c2ccccc2)c2nsnc24)cc1. The standard InChI is InChI=1S/C52H34N10S/c1-7-19-31(20-8-1)37-38(32-21-9-2-10-22-32)46-53-45(37)54-47-39(33-23-11-3-12-24-33)41(35-27-15-5-16-28-35)49(56-47)58-51-43-44(62-63-61-43)52(60-51)59-50-42(36-29-17-6-18-30-36)40(48(55-46)57-50)34-25-13-4-14-26-34/h1-30,51-52,60H,(H,53,54,55,56,57,58,59). The van der Waals surface area contributed by atoms with E-state index in [4.69, 9.17) is 38.7 Å². The number of aromatic nitrogens is 3. The molecule has 8 aromatic rings. The van der Waals surface area contributed by atoms with Crippen LogP contribution in [-0.2, 0) is 0 Å². The van der Waals surface area contributed by atoms with Crippen LogP contribution >= 0.6 is 11.7 Å². The first-order valence-corrected chi connectivity index (χ1v) is 21.4. The molecule has 0 amide bonds. The Hall–Kier alpha value is -8.12. The van der Waals surface area contributed by atoms with Gasteiger partial charge in [0.05, 0.1) is 11.7 Å². The minimum Gasteiger partial charge on any atom is -0.324 e. The molecule has 0 aliphatic carbocycles. The number of aliphatic imine (C=N–C) groups is 4. The molecular weight excluding hydrogens is 797 g/mol. The summed E-state index contributed by atoms with van der Waals surface area (Å²) >= 11 is 1.15. The maximum atomic E-state index is 5.55. The van der Waals surface area contributed by atoms with Crippen molar-refractivity contribution in [2.24, 2.45) is 30.0 Å². The van der Waals surface area contributed by atoms with Gasteiger partial charge in [0.15, 0.2) is 23.3 Å². The summed E-state index contributed by atoms with van der Waals surface area (Å²) in [6.07, 6.45) is -1.22. The number of H-pyrrole nitrogens is 1. The third kappa shape index (κ3) is 6.46. The number of rotatable bonds is 6. The molecule has 0 saturated carbocycles. The lowest BCUT2D eigenvalue weighted by Crippen LogP contribution is -2.18. The van der Waals surface area contributed by atoms with E-state index in [1.165, 1.54) is 0 Å². The molecule has 0 radical (unpaired) electrons. The van der Waals surface area contributed by atoms with Gasteiger partial charge in [0, 0.05) is 33.4 Å². The number of aromatic amines is 1. The van der Waals surface area contributed by atoms with Gasteiger partial charge in [-0.15, -0.1) is 0 Å². The molecular formula is C52H34N10S. The third-order valence-corrected chi connectivity index (χ3v) is 12.0. The van der Waals surface area contributed by atoms with Crippen LogP contribution in [0, 0.1) is 0 Å². The fourth-order valence-electron chi connectivity index (χ4n) is 8.69. The second kappa shape index (κ2) is 15.4. The molecule has 0 saturated heterocycles. The zero-order valence-electron chi connectivity index (χ0n) is 33.5. The van der Waals surface area contributed by atoms with Gasteiger partial charge < -0.3 is 4.98 Å². The normalized spacial score (nSPS) is 19.3. The van der Waals surface area contributed by atoms with Crippen molar-refractivity contribution in [3.05, 3.63) is 227 Å². The Morgan fingerprint density at radius 1 is 0.333 bits per heavy atom. The van der Waals surface area contributed by atoms with Crippen molar-refractivity contribution in [2.45, 2.75) is 12.3 Å². The molecule has 0 spiro atoms. The van der Waals surface area contributed by atoms with Crippen molar-refractivity contribution in [3.8, 4) is 22.3 Å². The van der Waals surface area contributed by atoms with Crippen molar-refractivity contribution in [3.63, 3.8) is 0 Å². The van der Waals surface area contributed by atoms with Gasteiger partial charge in [0.25, 0.3) is 0 Å². The van der Waals surface area contributed by atoms with Gasteiger partial charge in [-0.25, -0.2) is 30.0 Å². The molecule has 4 aliphatic rings. The average molecular weight is 831 g/mol. The summed E-state index contributed by atoms with van der Waals surface area (Å²) in [5.74, 6) is 2.07. The predicted octanol–water partition coefficient (Wildman–Crippen LogP) is 9.60. The van der Waals surface area contributed by atoms with Crippen LogP contribution in [0.1, 0.15) is 46.0 Å². The summed E-state index contributed by atoms with van der Waals surface area (Å²) in [7, 11) is 0. The molecule has 298 valence electrons. The van der Waals surface area contributed by atoms with Crippen LogP contribution in [0.4, 0.5) is 0 Å². The maximum Gasteiger partial charge on any atom is 0.165 e. The van der Waals surface area contributed by atoms with E-state index in [1.807, 2.05) is 109 Å². The molecule has 11 heteroatoms. The molecule has 10 nitrogen and oxygen atoms in total. The Morgan fingerprint density at radius 3 is 0.968 bits per heavy atom. The molecule has 0 fully saturated rings. The Morgan fingerprint density at radius 2 is 0.635 bits per heavy atom. The first-order chi connectivity index (χ1) is 31.2. The monoisotopic (exact) mass is 830 g/mol. The second-order valence-electron chi connectivity index (χ2n) is 15.3. The number of amidine groups is 4. The molecule has 4 aliphatic heterocycles. The summed E-state index contributed by atoms with van der Waals surface area (Å²) in [5.41, 5.74) is 13.6. The van der Waals surface area contributed by atoms with Gasteiger partial charge in [0.2, 0.25) is 0 Å². The smallest absolute Gasteiger partial charge is 0.165 e. The largest absolute Gasteiger partial charge is 0.324 e. The highest BCUT2D eigenvalue weighted by Crippen LogP contribution is 2.41. The Labute approximate surface area is 366 Å². The van der Waals surface area contributed by atoms with Crippen molar-refractivity contribution >= 4 is 57.4 Å². The highest BCUT2D eigenvalue weighted by Gasteiger charge is 2.38. The summed E-state index contributed by atoms with van der Waals surface area (Å²) < 4.78 is 9.56. The van der Waals surface area contributed by atoms with Crippen molar-refractivity contribution < 1.29 is 0 Å². The molecule has 2 N–H and O–H groups in total. The second-order valence-corrected chi connectivity index (χ2v) is 15.8. The number of nitrogens with zero attached hydrogens (tertiary/aromatic N) is 8. The van der Waals surface area contributed by atoms with Crippen LogP contribution in [0.2, 0.25) is 0 Å². The topological polar surface area (TPSA) is 128 Å². The first-order valence-electron chi connectivity index (χ1n) is 20.7. The summed E-state index contributed by atoms with van der Waals surface area (Å²) in [5, 5.41) is 3.65. The van der Waals surface area contributed by atoms with E-state index in [0.717, 1.165) is 78.5 Å². The van der Waals surface area contributed by atoms with Crippen LogP contribution < -0.4 is 16.3 Å². The third-order valence-electron chi connectivity index (χ3n) is 11.5. The average Bonchev–Trinajstić information content (AvgIpc) is 4.17. The zero-order chi connectivity index (χ0) is 41.7. The number of nitrogens with one attached hydrogen (secondary N) is 2. The number of hydrogen-bond donors (Lipinski definition) is 2. The number of benzene rings is 6. The van der Waals surface area contributed by atoms with E-state index >= 15 is 0 Å². The van der Waals surface area contributed by atoms with Crippen molar-refractivity contribution in [2.75, 3.05) is 0 Å². The Kier molecular flexibility index (Phi) is 8.98. The van der Waals surface area contributed by atoms with Gasteiger partial charge in [-0.3, -0.25) is 5.32 Å². The summed E-state index contributed by atoms with van der Waals surface area (Å²) in [6, 6.07) is 61.7.